The first kappa shape index (κ1) is 12.5. The minimum atomic E-state index is -0.910. The number of carbonyl (C=O) groups excluding carboxylic acids is 1. The molecule has 16 heavy (non-hydrogen) atoms. The number of carboxylic acids is 1. The highest BCUT2D eigenvalue weighted by atomic mass is 16.4. The van der Waals surface area contributed by atoms with Crippen molar-refractivity contribution in [1.29, 1.82) is 5.26 Å². The number of amides is 1. The molecule has 0 bridgehead atoms. The zero-order valence-electron chi connectivity index (χ0n) is 8.95. The van der Waals surface area contributed by atoms with E-state index in [1.807, 2.05) is 6.07 Å². The van der Waals surface area contributed by atoms with Crippen molar-refractivity contribution in [2.24, 2.45) is 0 Å². The molecule has 0 heterocycles. The highest BCUT2D eigenvalue weighted by Gasteiger charge is 2.44. The van der Waals surface area contributed by atoms with Gasteiger partial charge in [-0.05, 0) is 19.3 Å². The fraction of sp³-hybridized carbons (Fsp3) is 0.700. The average Bonchev–Trinajstić information content (AvgIpc) is 2.16. The van der Waals surface area contributed by atoms with Crippen molar-refractivity contribution < 1.29 is 14.7 Å². The Kier molecular flexibility index (Phi) is 4.26. The first-order valence-electron chi connectivity index (χ1n) is 5.23. The maximum atomic E-state index is 11.3. The van der Waals surface area contributed by atoms with Gasteiger partial charge in [0, 0.05) is 6.54 Å². The van der Waals surface area contributed by atoms with E-state index in [1.54, 1.807) is 0 Å². The van der Waals surface area contributed by atoms with Gasteiger partial charge in [-0.3, -0.25) is 14.9 Å². The van der Waals surface area contributed by atoms with Crippen molar-refractivity contribution in [2.75, 3.05) is 13.1 Å². The van der Waals surface area contributed by atoms with E-state index in [2.05, 4.69) is 10.6 Å². The van der Waals surface area contributed by atoms with Crippen molar-refractivity contribution in [1.82, 2.24) is 10.6 Å². The minimum absolute atomic E-state index is 0.0161. The number of nitriles is 1. The first-order valence-corrected chi connectivity index (χ1v) is 5.23. The molecule has 3 N–H and O–H groups in total. The lowest BCUT2D eigenvalue weighted by Gasteiger charge is -2.38. The lowest BCUT2D eigenvalue weighted by atomic mass is 9.77. The topological polar surface area (TPSA) is 102 Å². The lowest BCUT2D eigenvalue weighted by Crippen LogP contribution is -2.59. The maximum Gasteiger partial charge on any atom is 0.323 e. The number of nitrogens with one attached hydrogen (secondary N) is 2. The van der Waals surface area contributed by atoms with Crippen molar-refractivity contribution >= 4 is 11.9 Å². The van der Waals surface area contributed by atoms with Crippen molar-refractivity contribution in [3.63, 3.8) is 0 Å². The van der Waals surface area contributed by atoms with E-state index < -0.39 is 11.5 Å². The van der Waals surface area contributed by atoms with Crippen LogP contribution in [0.25, 0.3) is 0 Å². The molecule has 1 aliphatic carbocycles. The highest BCUT2D eigenvalue weighted by Crippen LogP contribution is 2.31. The van der Waals surface area contributed by atoms with Gasteiger partial charge in [-0.15, -0.1) is 0 Å². The van der Waals surface area contributed by atoms with Crippen LogP contribution in [0.5, 0.6) is 0 Å². The van der Waals surface area contributed by atoms with Gasteiger partial charge in [0.25, 0.3) is 0 Å². The number of aliphatic carboxylic acids is 1. The van der Waals surface area contributed by atoms with Crippen LogP contribution in [0.3, 0.4) is 0 Å². The molecule has 0 atom stereocenters. The Morgan fingerprint density at radius 1 is 1.44 bits per heavy atom. The van der Waals surface area contributed by atoms with Crippen LogP contribution in [0.15, 0.2) is 0 Å². The van der Waals surface area contributed by atoms with Crippen LogP contribution in [0, 0.1) is 11.3 Å². The summed E-state index contributed by atoms with van der Waals surface area (Å²) in [6, 6.07) is 1.91. The van der Waals surface area contributed by atoms with E-state index >= 15 is 0 Å². The van der Waals surface area contributed by atoms with E-state index in [0.717, 1.165) is 6.42 Å². The van der Waals surface area contributed by atoms with Gasteiger partial charge in [0.1, 0.15) is 5.54 Å². The Morgan fingerprint density at radius 3 is 2.56 bits per heavy atom. The molecule has 0 radical (unpaired) electrons. The van der Waals surface area contributed by atoms with Gasteiger partial charge in [0.2, 0.25) is 5.91 Å². The quantitative estimate of drug-likeness (QED) is 0.534. The number of hydrogen-bond acceptors (Lipinski definition) is 4. The van der Waals surface area contributed by atoms with Gasteiger partial charge in [0.15, 0.2) is 0 Å². The van der Waals surface area contributed by atoms with Crippen LogP contribution in [0.2, 0.25) is 0 Å². The molecule has 0 saturated heterocycles. The Balaban J connectivity index is 2.26. The number of carbonyl (C=O) groups is 2. The molecular formula is C10H15N3O3. The Hall–Kier alpha value is -1.61. The van der Waals surface area contributed by atoms with Gasteiger partial charge in [0.05, 0.1) is 19.0 Å². The molecule has 0 aromatic carbocycles. The molecule has 0 unspecified atom stereocenters. The number of carboxylic acid groups (broad SMARTS) is 1. The molecule has 0 aliphatic heterocycles. The summed E-state index contributed by atoms with van der Waals surface area (Å²) in [4.78, 5) is 22.2. The number of nitrogens with zero attached hydrogens (tertiary/aromatic N) is 1. The summed E-state index contributed by atoms with van der Waals surface area (Å²) < 4.78 is 0. The van der Waals surface area contributed by atoms with Crippen LogP contribution in [0.1, 0.15) is 25.7 Å². The van der Waals surface area contributed by atoms with Gasteiger partial charge >= 0.3 is 5.97 Å². The standard InChI is InChI=1S/C10H15N3O3/c11-5-2-6-12-8(14)7-13-10(9(15)16)3-1-4-10/h13H,1-4,6-7H2,(H,12,14)(H,15,16). The predicted molar refractivity (Wildman–Crippen MR) is 55.5 cm³/mol. The molecule has 1 rings (SSSR count). The third kappa shape index (κ3) is 2.94. The Bertz CT molecular complexity index is 318. The third-order valence-electron chi connectivity index (χ3n) is 2.76. The zero-order chi connectivity index (χ0) is 12.0. The molecule has 88 valence electrons. The SMILES string of the molecule is N#CCCNC(=O)CNC1(C(=O)O)CCC1. The summed E-state index contributed by atoms with van der Waals surface area (Å²) in [5, 5.41) is 22.5. The van der Waals surface area contributed by atoms with E-state index in [0.29, 0.717) is 19.4 Å². The molecule has 0 aromatic rings. The largest absolute Gasteiger partial charge is 0.480 e. The maximum absolute atomic E-state index is 11.3. The molecule has 6 heteroatoms. The van der Waals surface area contributed by atoms with E-state index in [4.69, 9.17) is 10.4 Å². The Labute approximate surface area is 93.6 Å². The molecule has 1 amide bonds. The fourth-order valence-corrected chi connectivity index (χ4v) is 1.57. The summed E-state index contributed by atoms with van der Waals surface area (Å²) >= 11 is 0. The van der Waals surface area contributed by atoms with E-state index in [1.165, 1.54) is 0 Å². The van der Waals surface area contributed by atoms with E-state index in [9.17, 15) is 9.59 Å². The van der Waals surface area contributed by atoms with Gasteiger partial charge in [-0.25, -0.2) is 0 Å². The van der Waals surface area contributed by atoms with Crippen molar-refractivity contribution in [2.45, 2.75) is 31.2 Å². The summed E-state index contributed by atoms with van der Waals surface area (Å²) in [5.74, 6) is -1.17. The molecule has 1 fully saturated rings. The average molecular weight is 225 g/mol. The summed E-state index contributed by atoms with van der Waals surface area (Å²) in [5.41, 5.74) is -0.910. The number of hydrogen-bond donors (Lipinski definition) is 3. The van der Waals surface area contributed by atoms with Crippen LogP contribution in [-0.2, 0) is 9.59 Å². The predicted octanol–water partition coefficient (Wildman–Crippen LogP) is -0.387. The summed E-state index contributed by atoms with van der Waals surface area (Å²) in [7, 11) is 0. The van der Waals surface area contributed by atoms with Gasteiger partial charge in [-0.1, -0.05) is 0 Å². The van der Waals surface area contributed by atoms with Gasteiger partial charge < -0.3 is 10.4 Å². The van der Waals surface area contributed by atoms with Gasteiger partial charge in [-0.2, -0.15) is 5.26 Å². The Morgan fingerprint density at radius 2 is 2.12 bits per heavy atom. The zero-order valence-corrected chi connectivity index (χ0v) is 8.95. The molecular weight excluding hydrogens is 210 g/mol. The second-order valence-electron chi connectivity index (χ2n) is 3.85. The second-order valence-corrected chi connectivity index (χ2v) is 3.85. The van der Waals surface area contributed by atoms with Crippen LogP contribution < -0.4 is 10.6 Å². The number of rotatable bonds is 6. The normalized spacial score (nSPS) is 16.9. The fourth-order valence-electron chi connectivity index (χ4n) is 1.57. The highest BCUT2D eigenvalue weighted by molar-refractivity contribution is 5.82. The van der Waals surface area contributed by atoms with Crippen LogP contribution >= 0.6 is 0 Å². The lowest BCUT2D eigenvalue weighted by molar-refractivity contribution is -0.148. The summed E-state index contributed by atoms with van der Waals surface area (Å²) in [6.45, 7) is 0.287. The monoisotopic (exact) mass is 225 g/mol. The second kappa shape index (κ2) is 5.47. The smallest absolute Gasteiger partial charge is 0.323 e. The van der Waals surface area contributed by atoms with Crippen LogP contribution in [-0.4, -0.2) is 35.6 Å². The van der Waals surface area contributed by atoms with Crippen molar-refractivity contribution in [3.05, 3.63) is 0 Å². The molecule has 0 spiro atoms. The minimum Gasteiger partial charge on any atom is -0.480 e. The molecule has 6 nitrogen and oxygen atoms in total. The van der Waals surface area contributed by atoms with Crippen molar-refractivity contribution in [3.8, 4) is 6.07 Å². The van der Waals surface area contributed by atoms with E-state index in [-0.39, 0.29) is 18.9 Å². The molecule has 1 aliphatic rings. The molecule has 0 aromatic heterocycles. The summed E-state index contributed by atoms with van der Waals surface area (Å²) in [6.07, 6.45) is 2.26. The third-order valence-corrected chi connectivity index (χ3v) is 2.76. The first-order chi connectivity index (χ1) is 7.60. The molecule has 1 saturated carbocycles. The van der Waals surface area contributed by atoms with Crippen LogP contribution in [0.4, 0.5) is 0 Å².